The number of urea groups is 1. The highest BCUT2D eigenvalue weighted by Gasteiger charge is 2.45. The third-order valence-electron chi connectivity index (χ3n) is 12.8. The quantitative estimate of drug-likeness (QED) is 0.255. The predicted molar refractivity (Wildman–Crippen MR) is 225 cm³/mol. The fourth-order valence-corrected chi connectivity index (χ4v) is 9.46. The lowest BCUT2D eigenvalue weighted by Gasteiger charge is -2.45. The largest absolute Gasteiger partial charge is 0.490 e. The smallest absolute Gasteiger partial charge is 0.322 e. The Labute approximate surface area is 354 Å². The molecule has 1 saturated carbocycles. The van der Waals surface area contributed by atoms with Crippen LogP contribution in [0.4, 0.5) is 22.0 Å². The van der Waals surface area contributed by atoms with Crippen LogP contribution in [0.15, 0.2) is 54.7 Å². The third kappa shape index (κ3) is 8.23. The first-order chi connectivity index (χ1) is 28.9. The number of imide groups is 2. The van der Waals surface area contributed by atoms with E-state index in [2.05, 4.69) is 45.3 Å². The number of hydrogen-bond donors (Lipinski definition) is 2. The Kier molecular flexibility index (Phi) is 11.7. The van der Waals surface area contributed by atoms with Crippen LogP contribution < -0.4 is 25.2 Å². The van der Waals surface area contributed by atoms with Gasteiger partial charge in [-0.3, -0.25) is 29.4 Å². The van der Waals surface area contributed by atoms with Gasteiger partial charge in [0.15, 0.2) is 0 Å². The van der Waals surface area contributed by atoms with E-state index in [0.29, 0.717) is 47.1 Å². The SMILES string of the molecule is CCN(CC1CCN(c2ccc(NC(=O)N3C[C@H](C)N(c4ccc(C#N)c(Cl)c4)C[C@H]3C)cn2)CC1)[C@H]1C[C@H](Oc2ccc3c(c2)C(=O)N(C2CCC(=O)NC2=O)C3=O)C1. The van der Waals surface area contributed by atoms with Crippen molar-refractivity contribution in [2.45, 2.75) is 89.6 Å². The molecular formula is C44H50ClN9O6. The van der Waals surface area contributed by atoms with Crippen molar-refractivity contribution in [2.75, 3.05) is 54.4 Å². The van der Waals surface area contributed by atoms with E-state index in [9.17, 15) is 29.2 Å². The van der Waals surface area contributed by atoms with Crippen molar-refractivity contribution in [3.8, 4) is 11.8 Å². The number of carbonyl (C=O) groups is 5. The Morgan fingerprint density at radius 3 is 2.43 bits per heavy atom. The maximum absolute atomic E-state index is 13.4. The van der Waals surface area contributed by atoms with Gasteiger partial charge in [0.2, 0.25) is 11.8 Å². The fourth-order valence-electron chi connectivity index (χ4n) is 9.25. The molecule has 6 amide bonds. The molecule has 1 aromatic heterocycles. The lowest BCUT2D eigenvalue weighted by Crippen LogP contribution is -2.59. The van der Waals surface area contributed by atoms with Crippen molar-refractivity contribution in [1.82, 2.24) is 25.0 Å². The monoisotopic (exact) mass is 835 g/mol. The van der Waals surface area contributed by atoms with Gasteiger partial charge >= 0.3 is 6.03 Å². The summed E-state index contributed by atoms with van der Waals surface area (Å²) in [7, 11) is 0. The minimum Gasteiger partial charge on any atom is -0.490 e. The van der Waals surface area contributed by atoms with E-state index < -0.39 is 29.7 Å². The van der Waals surface area contributed by atoms with E-state index >= 15 is 0 Å². The number of nitrogens with one attached hydrogen (secondary N) is 2. The van der Waals surface area contributed by atoms with Crippen LogP contribution in [0.2, 0.25) is 5.02 Å². The minimum absolute atomic E-state index is 0.00135. The van der Waals surface area contributed by atoms with Crippen LogP contribution in [-0.4, -0.2) is 119 Å². The van der Waals surface area contributed by atoms with Gasteiger partial charge in [-0.1, -0.05) is 18.5 Å². The van der Waals surface area contributed by atoms with Gasteiger partial charge in [0, 0.05) is 75.8 Å². The molecule has 0 spiro atoms. The molecule has 5 heterocycles. The molecule has 3 aromatic rings. The van der Waals surface area contributed by atoms with Crippen LogP contribution >= 0.6 is 11.6 Å². The average molecular weight is 836 g/mol. The van der Waals surface area contributed by atoms with E-state index in [0.717, 1.165) is 68.3 Å². The number of halogens is 1. The van der Waals surface area contributed by atoms with Crippen molar-refractivity contribution >= 4 is 58.5 Å². The number of rotatable bonds is 10. The lowest BCUT2D eigenvalue weighted by atomic mass is 9.86. The zero-order valence-corrected chi connectivity index (χ0v) is 34.9. The number of anilines is 3. The number of amides is 6. The second-order valence-corrected chi connectivity index (χ2v) is 17.1. The Hall–Kier alpha value is -5.72. The summed E-state index contributed by atoms with van der Waals surface area (Å²) >= 11 is 6.31. The van der Waals surface area contributed by atoms with Crippen LogP contribution in [0.25, 0.3) is 0 Å². The zero-order valence-electron chi connectivity index (χ0n) is 34.1. The number of pyridine rings is 1. The molecule has 5 aliphatic rings. The maximum Gasteiger partial charge on any atom is 0.322 e. The summed E-state index contributed by atoms with van der Waals surface area (Å²) in [5.41, 5.74) is 2.48. The number of aromatic nitrogens is 1. The summed E-state index contributed by atoms with van der Waals surface area (Å²) in [6.07, 6.45) is 5.76. The molecule has 8 rings (SSSR count). The van der Waals surface area contributed by atoms with Crippen molar-refractivity contribution in [2.24, 2.45) is 5.92 Å². The van der Waals surface area contributed by atoms with Gasteiger partial charge in [-0.15, -0.1) is 0 Å². The number of fused-ring (bicyclic) bond motifs is 1. The third-order valence-corrected chi connectivity index (χ3v) is 13.1. The highest BCUT2D eigenvalue weighted by atomic mass is 35.5. The molecular weight excluding hydrogens is 786 g/mol. The van der Waals surface area contributed by atoms with Gasteiger partial charge in [-0.25, -0.2) is 9.78 Å². The fraction of sp³-hybridized carbons (Fsp3) is 0.477. The maximum atomic E-state index is 13.4. The summed E-state index contributed by atoms with van der Waals surface area (Å²) in [5, 5.41) is 14.9. The summed E-state index contributed by atoms with van der Waals surface area (Å²) in [5.74, 6) is -0.120. The first-order valence-electron chi connectivity index (χ1n) is 20.9. The van der Waals surface area contributed by atoms with Crippen LogP contribution in [0.5, 0.6) is 5.75 Å². The number of piperidine rings is 2. The highest BCUT2D eigenvalue weighted by molar-refractivity contribution is 6.32. The number of hydrogen-bond acceptors (Lipinski definition) is 11. The highest BCUT2D eigenvalue weighted by Crippen LogP contribution is 2.35. The number of carbonyl (C=O) groups excluding carboxylic acids is 5. The number of nitriles is 1. The molecule has 2 aromatic carbocycles. The van der Waals surface area contributed by atoms with Crippen molar-refractivity contribution < 1.29 is 28.7 Å². The van der Waals surface area contributed by atoms with E-state index in [1.165, 1.54) is 0 Å². The minimum atomic E-state index is -0.999. The van der Waals surface area contributed by atoms with Gasteiger partial charge in [-0.05, 0) is 94.1 Å². The van der Waals surface area contributed by atoms with Crippen LogP contribution in [-0.2, 0) is 9.59 Å². The van der Waals surface area contributed by atoms with Crippen molar-refractivity contribution in [1.29, 1.82) is 5.26 Å². The van der Waals surface area contributed by atoms with Gasteiger partial charge in [0.1, 0.15) is 29.8 Å². The molecule has 0 bridgehead atoms. The molecule has 314 valence electrons. The molecule has 16 heteroatoms. The van der Waals surface area contributed by atoms with Crippen LogP contribution in [0.1, 0.15) is 85.6 Å². The summed E-state index contributed by atoms with van der Waals surface area (Å²) < 4.78 is 6.27. The molecule has 3 atom stereocenters. The molecule has 3 saturated heterocycles. The van der Waals surface area contributed by atoms with Gasteiger partial charge in [0.05, 0.1) is 33.6 Å². The molecule has 1 unspecified atom stereocenters. The standard InChI is InChI=1S/C44H50ClN9O6/c1-4-50(32-17-34(18-32)60-33-8-9-35-36(20-33)43(58)54(42(35)57)38-10-12-40(55)49-41(38)56)25-28-13-15-51(16-14-28)39-11-6-30(22-47-39)48-44(59)53-24-26(2)52(23-27(53)3)31-7-5-29(21-46)37(45)19-31/h5-9,11,19-20,22,26-28,32,34,38H,4,10,12-18,23-25H2,1-3H3,(H,48,59)(H,49,55,56)/t26-,27+,32-,34-,38?/m0/s1. The topological polar surface area (TPSA) is 172 Å². The summed E-state index contributed by atoms with van der Waals surface area (Å²) in [6, 6.07) is 15.6. The lowest BCUT2D eigenvalue weighted by molar-refractivity contribution is -0.136. The first-order valence-corrected chi connectivity index (χ1v) is 21.3. The number of piperazine rings is 1. The zero-order chi connectivity index (χ0) is 42.2. The predicted octanol–water partition coefficient (Wildman–Crippen LogP) is 5.29. The number of nitrogens with zero attached hydrogens (tertiary/aromatic N) is 7. The Morgan fingerprint density at radius 2 is 1.75 bits per heavy atom. The second-order valence-electron chi connectivity index (χ2n) is 16.7. The van der Waals surface area contributed by atoms with E-state index in [1.54, 1.807) is 30.5 Å². The molecule has 4 fully saturated rings. The van der Waals surface area contributed by atoms with Crippen molar-refractivity contribution in [3.63, 3.8) is 0 Å². The molecule has 15 nitrogen and oxygen atoms in total. The molecule has 0 radical (unpaired) electrons. The van der Waals surface area contributed by atoms with Crippen molar-refractivity contribution in [3.05, 3.63) is 76.4 Å². The molecule has 2 N–H and O–H groups in total. The first kappa shape index (κ1) is 41.0. The Bertz CT molecular complexity index is 2220. The summed E-state index contributed by atoms with van der Waals surface area (Å²) in [6.45, 7) is 11.2. The molecule has 1 aliphatic carbocycles. The molecule has 4 aliphatic heterocycles. The number of ether oxygens (including phenoxy) is 1. The Balaban J connectivity index is 0.771. The van der Waals surface area contributed by atoms with Gasteiger partial charge in [0.25, 0.3) is 11.8 Å². The van der Waals surface area contributed by atoms with Crippen LogP contribution in [0, 0.1) is 17.2 Å². The second kappa shape index (κ2) is 17.1. The normalized spacial score (nSPS) is 24.6. The van der Waals surface area contributed by atoms with Crippen LogP contribution in [0.3, 0.4) is 0 Å². The summed E-state index contributed by atoms with van der Waals surface area (Å²) in [4.78, 5) is 78.3. The average Bonchev–Trinajstić information content (AvgIpc) is 3.47. The number of benzene rings is 2. The Morgan fingerprint density at radius 1 is 0.983 bits per heavy atom. The van der Waals surface area contributed by atoms with Gasteiger partial charge in [-0.2, -0.15) is 5.26 Å². The van der Waals surface area contributed by atoms with E-state index in [-0.39, 0.29) is 48.2 Å². The molecule has 60 heavy (non-hydrogen) atoms. The van der Waals surface area contributed by atoms with E-state index in [4.69, 9.17) is 21.3 Å². The van der Waals surface area contributed by atoms with Gasteiger partial charge < -0.3 is 29.7 Å². The van der Waals surface area contributed by atoms with E-state index in [1.807, 2.05) is 36.1 Å².